The minimum atomic E-state index is 0.232. The smallest absolute Gasteiger partial charge is 0.225 e. The lowest BCUT2D eigenvalue weighted by molar-refractivity contribution is -0.136. The molecule has 2 N–H and O–H groups in total. The van der Waals surface area contributed by atoms with Crippen LogP contribution in [0.4, 0.5) is 0 Å². The van der Waals surface area contributed by atoms with E-state index in [9.17, 15) is 4.79 Å². The van der Waals surface area contributed by atoms with Gasteiger partial charge < -0.3 is 15.5 Å². The summed E-state index contributed by atoms with van der Waals surface area (Å²) in [7, 11) is 4.16. The molecule has 2 aliphatic rings. The highest BCUT2D eigenvalue weighted by Crippen LogP contribution is 2.25. The van der Waals surface area contributed by atoms with Crippen LogP contribution in [-0.2, 0) is 4.79 Å². The summed E-state index contributed by atoms with van der Waals surface area (Å²) in [4.78, 5) is 16.8. The van der Waals surface area contributed by atoms with Gasteiger partial charge in [0.25, 0.3) is 0 Å². The number of amides is 1. The first-order valence-electron chi connectivity index (χ1n) is 7.75. The van der Waals surface area contributed by atoms with Crippen LogP contribution in [0.2, 0.25) is 0 Å². The van der Waals surface area contributed by atoms with Crippen molar-refractivity contribution in [1.29, 1.82) is 0 Å². The first-order valence-corrected chi connectivity index (χ1v) is 7.75. The van der Waals surface area contributed by atoms with E-state index in [-0.39, 0.29) is 5.92 Å². The molecule has 1 saturated heterocycles. The maximum Gasteiger partial charge on any atom is 0.225 e. The van der Waals surface area contributed by atoms with Crippen molar-refractivity contribution >= 4 is 5.91 Å². The van der Waals surface area contributed by atoms with E-state index in [0.717, 1.165) is 32.2 Å². The number of likely N-dealkylation sites (tertiary alicyclic amines) is 1. The molecular weight excluding hydrogens is 238 g/mol. The zero-order valence-corrected chi connectivity index (χ0v) is 12.5. The minimum Gasteiger partial charge on any atom is -0.345 e. The Kier molecular flexibility index (Phi) is 5.22. The quantitative estimate of drug-likeness (QED) is 0.838. The monoisotopic (exact) mass is 267 g/mol. The van der Waals surface area contributed by atoms with Gasteiger partial charge in [0.2, 0.25) is 5.91 Å². The summed E-state index contributed by atoms with van der Waals surface area (Å²) in [5.41, 5.74) is 5.91. The normalized spacial score (nSPS) is 30.3. The van der Waals surface area contributed by atoms with Crippen LogP contribution < -0.4 is 5.73 Å². The van der Waals surface area contributed by atoms with Crippen LogP contribution in [0, 0.1) is 11.8 Å². The number of hydrogen-bond donors (Lipinski definition) is 1. The molecule has 0 unspecified atom stereocenters. The predicted molar refractivity (Wildman–Crippen MR) is 77.8 cm³/mol. The van der Waals surface area contributed by atoms with Gasteiger partial charge in [-0.15, -0.1) is 0 Å². The molecule has 0 aromatic carbocycles. The predicted octanol–water partition coefficient (Wildman–Crippen LogP) is 1.30. The fourth-order valence-electron chi connectivity index (χ4n) is 3.40. The van der Waals surface area contributed by atoms with Crippen LogP contribution >= 0.6 is 0 Å². The van der Waals surface area contributed by atoms with Gasteiger partial charge in [0, 0.05) is 25.6 Å². The molecule has 0 radical (unpaired) electrons. The van der Waals surface area contributed by atoms with E-state index >= 15 is 0 Å². The fraction of sp³-hybridized carbons (Fsp3) is 0.933. The molecule has 0 aromatic rings. The van der Waals surface area contributed by atoms with Crippen LogP contribution in [0.25, 0.3) is 0 Å². The molecule has 1 aliphatic heterocycles. The highest BCUT2D eigenvalue weighted by molar-refractivity contribution is 5.78. The van der Waals surface area contributed by atoms with Gasteiger partial charge in [-0.2, -0.15) is 0 Å². The largest absolute Gasteiger partial charge is 0.345 e. The molecule has 0 spiro atoms. The van der Waals surface area contributed by atoms with Crippen molar-refractivity contribution in [1.82, 2.24) is 9.80 Å². The number of carbonyl (C=O) groups excluding carboxylic acids is 1. The second-order valence-corrected chi connectivity index (χ2v) is 6.58. The Morgan fingerprint density at radius 1 is 1.16 bits per heavy atom. The Bertz CT molecular complexity index is 292. The summed E-state index contributed by atoms with van der Waals surface area (Å²) in [6.45, 7) is 3.28. The molecular formula is C15H29N3O. The van der Waals surface area contributed by atoms with Gasteiger partial charge >= 0.3 is 0 Å². The third kappa shape index (κ3) is 4.18. The summed E-state index contributed by atoms with van der Waals surface area (Å²) in [6, 6.07) is 0.322. The number of rotatable bonds is 3. The second kappa shape index (κ2) is 6.71. The number of carbonyl (C=O) groups is 1. The standard InChI is InChI=1S/C15H29N3O/c1-17-9-7-12(8-10-17)11-18(2)15(19)13-3-5-14(16)6-4-13/h12-14H,3-11,16H2,1-2H3. The van der Waals surface area contributed by atoms with Gasteiger partial charge in [0.1, 0.15) is 0 Å². The van der Waals surface area contributed by atoms with Crippen LogP contribution in [0.1, 0.15) is 38.5 Å². The average molecular weight is 267 g/mol. The maximum absolute atomic E-state index is 12.4. The molecule has 0 aromatic heterocycles. The van der Waals surface area contributed by atoms with Gasteiger partial charge in [0.05, 0.1) is 0 Å². The first-order chi connectivity index (χ1) is 9.06. The zero-order chi connectivity index (χ0) is 13.8. The Balaban J connectivity index is 1.76. The molecule has 19 heavy (non-hydrogen) atoms. The van der Waals surface area contributed by atoms with Gasteiger partial charge in [-0.1, -0.05) is 0 Å². The minimum absolute atomic E-state index is 0.232. The summed E-state index contributed by atoms with van der Waals surface area (Å²) < 4.78 is 0. The van der Waals surface area contributed by atoms with Crippen LogP contribution in [0.3, 0.4) is 0 Å². The molecule has 2 fully saturated rings. The molecule has 4 heteroatoms. The number of hydrogen-bond acceptors (Lipinski definition) is 3. The van der Waals surface area contributed by atoms with Crippen molar-refractivity contribution in [3.8, 4) is 0 Å². The van der Waals surface area contributed by atoms with E-state index in [1.54, 1.807) is 0 Å². The van der Waals surface area contributed by atoms with Gasteiger partial charge in [-0.25, -0.2) is 0 Å². The van der Waals surface area contributed by atoms with E-state index < -0.39 is 0 Å². The van der Waals surface area contributed by atoms with Gasteiger partial charge in [-0.05, 0) is 64.6 Å². The highest BCUT2D eigenvalue weighted by Gasteiger charge is 2.28. The Hall–Kier alpha value is -0.610. The number of nitrogens with two attached hydrogens (primary N) is 1. The van der Waals surface area contributed by atoms with Crippen LogP contribution in [0.15, 0.2) is 0 Å². The summed E-state index contributed by atoms with van der Waals surface area (Å²) in [5.74, 6) is 1.28. The van der Waals surface area contributed by atoms with Crippen molar-refractivity contribution in [2.75, 3.05) is 33.7 Å². The second-order valence-electron chi connectivity index (χ2n) is 6.58. The van der Waals surface area contributed by atoms with Crippen molar-refractivity contribution in [2.24, 2.45) is 17.6 Å². The molecule has 2 rings (SSSR count). The third-order valence-electron chi connectivity index (χ3n) is 4.87. The van der Waals surface area contributed by atoms with Gasteiger partial charge in [0.15, 0.2) is 0 Å². The zero-order valence-electron chi connectivity index (χ0n) is 12.5. The highest BCUT2D eigenvalue weighted by atomic mass is 16.2. The lowest BCUT2D eigenvalue weighted by atomic mass is 9.85. The number of nitrogens with zero attached hydrogens (tertiary/aromatic N) is 2. The molecule has 1 aliphatic carbocycles. The van der Waals surface area contributed by atoms with E-state index in [2.05, 4.69) is 11.9 Å². The van der Waals surface area contributed by atoms with Crippen molar-refractivity contribution < 1.29 is 4.79 Å². The van der Waals surface area contributed by atoms with Crippen LogP contribution in [0.5, 0.6) is 0 Å². The molecule has 4 nitrogen and oxygen atoms in total. The van der Waals surface area contributed by atoms with Crippen molar-refractivity contribution in [2.45, 2.75) is 44.6 Å². The summed E-state index contributed by atoms with van der Waals surface area (Å²) in [5, 5.41) is 0. The third-order valence-corrected chi connectivity index (χ3v) is 4.87. The summed E-state index contributed by atoms with van der Waals surface area (Å²) >= 11 is 0. The van der Waals surface area contributed by atoms with Crippen LogP contribution in [-0.4, -0.2) is 55.5 Å². The SMILES string of the molecule is CN1CCC(CN(C)C(=O)C2CCC(N)CC2)CC1. The lowest BCUT2D eigenvalue weighted by Gasteiger charge is -2.34. The van der Waals surface area contributed by atoms with E-state index in [1.165, 1.54) is 25.9 Å². The molecule has 1 heterocycles. The molecule has 0 atom stereocenters. The van der Waals surface area contributed by atoms with E-state index in [0.29, 0.717) is 17.9 Å². The molecule has 1 amide bonds. The Labute approximate surface area is 117 Å². The van der Waals surface area contributed by atoms with E-state index in [4.69, 9.17) is 5.73 Å². The lowest BCUT2D eigenvalue weighted by Crippen LogP contribution is -2.41. The molecule has 1 saturated carbocycles. The Morgan fingerprint density at radius 2 is 1.74 bits per heavy atom. The Morgan fingerprint density at radius 3 is 2.32 bits per heavy atom. The topological polar surface area (TPSA) is 49.6 Å². The van der Waals surface area contributed by atoms with Crippen molar-refractivity contribution in [3.63, 3.8) is 0 Å². The summed E-state index contributed by atoms with van der Waals surface area (Å²) in [6.07, 6.45) is 6.44. The maximum atomic E-state index is 12.4. The number of piperidine rings is 1. The van der Waals surface area contributed by atoms with E-state index in [1.807, 2.05) is 11.9 Å². The van der Waals surface area contributed by atoms with Crippen molar-refractivity contribution in [3.05, 3.63) is 0 Å². The fourth-order valence-corrected chi connectivity index (χ4v) is 3.40. The van der Waals surface area contributed by atoms with Gasteiger partial charge in [-0.3, -0.25) is 4.79 Å². The average Bonchev–Trinajstić information content (AvgIpc) is 2.41. The molecule has 110 valence electrons. The first kappa shape index (κ1) is 14.8. The molecule has 0 bridgehead atoms.